The van der Waals surface area contributed by atoms with E-state index in [0.29, 0.717) is 6.04 Å². The van der Waals surface area contributed by atoms with Gasteiger partial charge < -0.3 is 10.2 Å². The van der Waals surface area contributed by atoms with Gasteiger partial charge in [0, 0.05) is 19.1 Å². The summed E-state index contributed by atoms with van der Waals surface area (Å²) in [6.07, 6.45) is 6.51. The highest BCUT2D eigenvalue weighted by molar-refractivity contribution is 5.37. The van der Waals surface area contributed by atoms with Crippen LogP contribution in [0.1, 0.15) is 32.4 Å². The van der Waals surface area contributed by atoms with Crippen LogP contribution in [0.3, 0.4) is 0 Å². The molecule has 1 aliphatic rings. The second-order valence-corrected chi connectivity index (χ2v) is 5.09. The number of aromatic nitrogens is 2. The van der Waals surface area contributed by atoms with Gasteiger partial charge in [-0.1, -0.05) is 0 Å². The van der Waals surface area contributed by atoms with Crippen LogP contribution < -0.4 is 10.2 Å². The minimum atomic E-state index is 0.486. The minimum absolute atomic E-state index is 0.486. The molecule has 1 heterocycles. The Morgan fingerprint density at radius 2 is 2.12 bits per heavy atom. The predicted octanol–water partition coefficient (Wildman–Crippen LogP) is 1.82. The zero-order chi connectivity index (χ0) is 12.3. The molecular weight excluding hydrogens is 212 g/mol. The first-order valence-corrected chi connectivity index (χ1v) is 6.43. The van der Waals surface area contributed by atoms with Crippen molar-refractivity contribution < 1.29 is 0 Å². The zero-order valence-electron chi connectivity index (χ0n) is 11.0. The smallest absolute Gasteiger partial charge is 0.147 e. The molecular formula is C13H22N4. The quantitative estimate of drug-likeness (QED) is 0.815. The van der Waals surface area contributed by atoms with Crippen molar-refractivity contribution in [1.82, 2.24) is 15.3 Å². The van der Waals surface area contributed by atoms with Crippen LogP contribution in [-0.2, 0) is 6.54 Å². The zero-order valence-corrected chi connectivity index (χ0v) is 11.0. The molecule has 0 aromatic carbocycles. The number of hydrogen-bond donors (Lipinski definition) is 1. The second-order valence-electron chi connectivity index (χ2n) is 5.09. The van der Waals surface area contributed by atoms with Crippen LogP contribution in [0.25, 0.3) is 0 Å². The van der Waals surface area contributed by atoms with Gasteiger partial charge in [0.25, 0.3) is 0 Å². The van der Waals surface area contributed by atoms with E-state index in [1.54, 1.807) is 0 Å². The number of anilines is 1. The fourth-order valence-electron chi connectivity index (χ4n) is 1.92. The van der Waals surface area contributed by atoms with Crippen molar-refractivity contribution in [2.24, 2.45) is 5.92 Å². The summed E-state index contributed by atoms with van der Waals surface area (Å²) in [6.45, 7) is 6.33. The van der Waals surface area contributed by atoms with Gasteiger partial charge in [-0.2, -0.15) is 0 Å². The highest BCUT2D eigenvalue weighted by atomic mass is 15.2. The van der Waals surface area contributed by atoms with Crippen molar-refractivity contribution in [3.05, 3.63) is 18.1 Å². The van der Waals surface area contributed by atoms with Crippen LogP contribution in [0.5, 0.6) is 0 Å². The molecule has 0 unspecified atom stereocenters. The molecule has 94 valence electrons. The monoisotopic (exact) mass is 234 g/mol. The Kier molecular flexibility index (Phi) is 3.94. The first-order valence-electron chi connectivity index (χ1n) is 6.43. The Balaban J connectivity index is 2.06. The predicted molar refractivity (Wildman–Crippen MR) is 70.0 cm³/mol. The van der Waals surface area contributed by atoms with Crippen LogP contribution in [0.15, 0.2) is 12.4 Å². The Morgan fingerprint density at radius 1 is 1.35 bits per heavy atom. The van der Waals surface area contributed by atoms with Crippen LogP contribution >= 0.6 is 0 Å². The summed E-state index contributed by atoms with van der Waals surface area (Å²) in [6, 6.07) is 0.486. The van der Waals surface area contributed by atoms with Crippen molar-refractivity contribution in [2.75, 3.05) is 18.5 Å². The number of rotatable bonds is 6. The largest absolute Gasteiger partial charge is 0.353 e. The lowest BCUT2D eigenvalue weighted by Gasteiger charge is -2.27. The third-order valence-corrected chi connectivity index (χ3v) is 3.12. The normalized spacial score (nSPS) is 15.3. The van der Waals surface area contributed by atoms with Gasteiger partial charge in [0.2, 0.25) is 0 Å². The standard InChI is InChI=1S/C13H22N4/c1-10(2)17(9-11-4-5-11)13-8-15-12(6-14-3)7-16-13/h7-8,10-11,14H,4-6,9H2,1-3H3. The molecule has 0 bridgehead atoms. The van der Waals surface area contributed by atoms with Crippen LogP contribution in [0.4, 0.5) is 5.82 Å². The third kappa shape index (κ3) is 3.40. The molecule has 1 fully saturated rings. The summed E-state index contributed by atoms with van der Waals surface area (Å²) in [5, 5.41) is 3.08. The van der Waals surface area contributed by atoms with E-state index < -0.39 is 0 Å². The van der Waals surface area contributed by atoms with Gasteiger partial charge in [0.05, 0.1) is 18.1 Å². The lowest BCUT2D eigenvalue weighted by atomic mass is 10.2. The SMILES string of the molecule is CNCc1cnc(N(CC2CC2)C(C)C)cn1. The molecule has 1 aliphatic carbocycles. The van der Waals surface area contributed by atoms with Crippen molar-refractivity contribution in [3.8, 4) is 0 Å². The summed E-state index contributed by atoms with van der Waals surface area (Å²) < 4.78 is 0. The Labute approximate surface area is 103 Å². The molecule has 0 radical (unpaired) electrons. The van der Waals surface area contributed by atoms with E-state index in [0.717, 1.165) is 30.5 Å². The molecule has 0 aliphatic heterocycles. The molecule has 0 spiro atoms. The average molecular weight is 234 g/mol. The van der Waals surface area contributed by atoms with Gasteiger partial charge in [-0.25, -0.2) is 4.98 Å². The highest BCUT2D eigenvalue weighted by Crippen LogP contribution is 2.31. The molecule has 1 aromatic heterocycles. The van der Waals surface area contributed by atoms with E-state index in [1.807, 2.05) is 19.4 Å². The topological polar surface area (TPSA) is 41.1 Å². The second kappa shape index (κ2) is 5.45. The van der Waals surface area contributed by atoms with Gasteiger partial charge in [-0.3, -0.25) is 4.98 Å². The molecule has 1 aromatic rings. The first-order chi connectivity index (χ1) is 8.20. The number of nitrogens with one attached hydrogen (secondary N) is 1. The van der Waals surface area contributed by atoms with Gasteiger partial charge >= 0.3 is 0 Å². The Hall–Kier alpha value is -1.16. The Morgan fingerprint density at radius 3 is 2.59 bits per heavy atom. The molecule has 1 N–H and O–H groups in total. The fraction of sp³-hybridized carbons (Fsp3) is 0.692. The van der Waals surface area contributed by atoms with Crippen LogP contribution in [0, 0.1) is 5.92 Å². The highest BCUT2D eigenvalue weighted by Gasteiger charge is 2.26. The van der Waals surface area contributed by atoms with Gasteiger partial charge in [0.1, 0.15) is 5.82 Å². The van der Waals surface area contributed by atoms with Gasteiger partial charge in [-0.05, 0) is 39.7 Å². The van der Waals surface area contributed by atoms with Crippen molar-refractivity contribution >= 4 is 5.82 Å². The summed E-state index contributed by atoms with van der Waals surface area (Å²) in [7, 11) is 1.92. The van der Waals surface area contributed by atoms with Crippen molar-refractivity contribution in [1.29, 1.82) is 0 Å². The molecule has 4 nitrogen and oxygen atoms in total. The lowest BCUT2D eigenvalue weighted by molar-refractivity contribution is 0.633. The third-order valence-electron chi connectivity index (χ3n) is 3.12. The number of hydrogen-bond acceptors (Lipinski definition) is 4. The van der Waals surface area contributed by atoms with Crippen molar-refractivity contribution in [3.63, 3.8) is 0 Å². The molecule has 4 heteroatoms. The summed E-state index contributed by atoms with van der Waals surface area (Å²) in [4.78, 5) is 11.3. The summed E-state index contributed by atoms with van der Waals surface area (Å²) in [5.74, 6) is 1.88. The Bertz CT molecular complexity index is 343. The summed E-state index contributed by atoms with van der Waals surface area (Å²) >= 11 is 0. The molecule has 2 rings (SSSR count). The van der Waals surface area contributed by atoms with E-state index in [4.69, 9.17) is 0 Å². The first kappa shape index (κ1) is 12.3. The van der Waals surface area contributed by atoms with E-state index in [9.17, 15) is 0 Å². The maximum atomic E-state index is 4.52. The fourth-order valence-corrected chi connectivity index (χ4v) is 1.92. The van der Waals surface area contributed by atoms with E-state index in [2.05, 4.69) is 34.0 Å². The molecule has 0 atom stereocenters. The minimum Gasteiger partial charge on any atom is -0.353 e. The maximum Gasteiger partial charge on any atom is 0.147 e. The molecule has 0 saturated heterocycles. The molecule has 17 heavy (non-hydrogen) atoms. The van der Waals surface area contributed by atoms with E-state index >= 15 is 0 Å². The van der Waals surface area contributed by atoms with Crippen LogP contribution in [0.2, 0.25) is 0 Å². The van der Waals surface area contributed by atoms with Crippen molar-refractivity contribution in [2.45, 2.75) is 39.3 Å². The van der Waals surface area contributed by atoms with E-state index in [1.165, 1.54) is 12.8 Å². The number of nitrogens with zero attached hydrogens (tertiary/aromatic N) is 3. The van der Waals surface area contributed by atoms with Crippen LogP contribution in [-0.4, -0.2) is 29.6 Å². The summed E-state index contributed by atoms with van der Waals surface area (Å²) in [5.41, 5.74) is 0.992. The lowest BCUT2D eigenvalue weighted by Crippen LogP contribution is -2.33. The van der Waals surface area contributed by atoms with Gasteiger partial charge in [0.15, 0.2) is 0 Å². The molecule has 1 saturated carbocycles. The maximum absolute atomic E-state index is 4.52. The van der Waals surface area contributed by atoms with Gasteiger partial charge in [-0.15, -0.1) is 0 Å². The van der Waals surface area contributed by atoms with E-state index in [-0.39, 0.29) is 0 Å². The molecule has 0 amide bonds. The average Bonchev–Trinajstić information content (AvgIpc) is 3.11.